The minimum absolute atomic E-state index is 0.267. The van der Waals surface area contributed by atoms with Gasteiger partial charge in [-0.3, -0.25) is 4.79 Å². The van der Waals surface area contributed by atoms with Gasteiger partial charge in [0.1, 0.15) is 5.75 Å². The van der Waals surface area contributed by atoms with Gasteiger partial charge in [0, 0.05) is 10.6 Å². The molecule has 4 heteroatoms. The van der Waals surface area contributed by atoms with Gasteiger partial charge in [0.15, 0.2) is 0 Å². The second-order valence-electron chi connectivity index (χ2n) is 4.07. The molecule has 2 aromatic carbocycles. The second kappa shape index (κ2) is 6.09. The highest BCUT2D eigenvalue weighted by molar-refractivity contribution is 6.33. The van der Waals surface area contributed by atoms with E-state index >= 15 is 0 Å². The lowest BCUT2D eigenvalue weighted by Crippen LogP contribution is -2.21. The van der Waals surface area contributed by atoms with Crippen LogP contribution in [0.1, 0.15) is 15.9 Å². The molecular formula is C15H12Cl2O2. The summed E-state index contributed by atoms with van der Waals surface area (Å²) in [6.45, 7) is 1.85. The van der Waals surface area contributed by atoms with Gasteiger partial charge in [-0.05, 0) is 30.7 Å². The Kier molecular flexibility index (Phi) is 4.46. The molecule has 0 fully saturated rings. The van der Waals surface area contributed by atoms with Crippen molar-refractivity contribution in [2.45, 2.75) is 12.5 Å². The number of ketones is 1. The Labute approximate surface area is 121 Å². The second-order valence-corrected chi connectivity index (χ2v) is 4.91. The fourth-order valence-electron chi connectivity index (χ4n) is 1.64. The minimum Gasteiger partial charge on any atom is -0.466 e. The van der Waals surface area contributed by atoms with Crippen LogP contribution in [0.4, 0.5) is 0 Å². The average molecular weight is 295 g/mol. The van der Waals surface area contributed by atoms with Gasteiger partial charge in [0.25, 0.3) is 0 Å². The molecule has 1 unspecified atom stereocenters. The molecule has 0 saturated heterocycles. The molecule has 1 atom stereocenters. The van der Waals surface area contributed by atoms with E-state index in [1.165, 1.54) is 0 Å². The Morgan fingerprint density at radius 1 is 1.16 bits per heavy atom. The molecule has 2 nitrogen and oxygen atoms in total. The predicted octanol–water partition coefficient (Wildman–Crippen LogP) is 4.48. The molecular weight excluding hydrogens is 283 g/mol. The van der Waals surface area contributed by atoms with Crippen LogP contribution in [-0.4, -0.2) is 11.3 Å². The molecule has 0 spiro atoms. The summed E-state index contributed by atoms with van der Waals surface area (Å²) in [6, 6.07) is 14.0. The van der Waals surface area contributed by atoms with E-state index in [-0.39, 0.29) is 5.78 Å². The maximum atomic E-state index is 12.0. The van der Waals surface area contributed by atoms with Gasteiger partial charge in [-0.15, -0.1) is 0 Å². The van der Waals surface area contributed by atoms with E-state index in [9.17, 15) is 4.79 Å². The Morgan fingerprint density at radius 2 is 1.84 bits per heavy atom. The van der Waals surface area contributed by atoms with Crippen molar-refractivity contribution in [2.75, 3.05) is 0 Å². The third kappa shape index (κ3) is 3.49. The van der Waals surface area contributed by atoms with Crippen molar-refractivity contribution in [2.24, 2.45) is 0 Å². The lowest BCUT2D eigenvalue weighted by molar-refractivity contribution is 0.0884. The Balaban J connectivity index is 2.13. The van der Waals surface area contributed by atoms with Gasteiger partial charge < -0.3 is 4.74 Å². The number of rotatable bonds is 4. The number of hydrogen-bond donors (Lipinski definition) is 0. The van der Waals surface area contributed by atoms with Crippen molar-refractivity contribution >= 4 is 29.0 Å². The number of carbonyl (C=O) groups is 1. The fraction of sp³-hybridized carbons (Fsp3) is 0.133. The van der Waals surface area contributed by atoms with Crippen LogP contribution >= 0.6 is 23.2 Å². The number of alkyl halides is 1. The van der Waals surface area contributed by atoms with E-state index in [4.69, 9.17) is 27.9 Å². The molecule has 0 aliphatic heterocycles. The first kappa shape index (κ1) is 13.9. The molecule has 0 aromatic heterocycles. The van der Waals surface area contributed by atoms with Crippen LogP contribution in [0.2, 0.25) is 5.02 Å². The summed E-state index contributed by atoms with van der Waals surface area (Å²) >= 11 is 11.9. The van der Waals surface area contributed by atoms with Crippen LogP contribution in [0.15, 0.2) is 48.5 Å². The normalized spacial score (nSPS) is 11.9. The van der Waals surface area contributed by atoms with Crippen molar-refractivity contribution in [3.8, 4) is 5.75 Å². The standard InChI is InChI=1S/C15H12Cl2O2/c1-10-9-12(16)7-8-13(10)19-15(17)14(18)11-5-3-2-4-6-11/h2-9,15H,1H3. The van der Waals surface area contributed by atoms with Gasteiger partial charge in [0.2, 0.25) is 11.3 Å². The van der Waals surface area contributed by atoms with Gasteiger partial charge in [-0.1, -0.05) is 53.5 Å². The molecule has 0 amide bonds. The van der Waals surface area contributed by atoms with Gasteiger partial charge in [-0.2, -0.15) is 0 Å². The number of Topliss-reactive ketones (excluding diaryl/α,β-unsaturated/α-hetero) is 1. The summed E-state index contributed by atoms with van der Waals surface area (Å²) in [6.07, 6.45) is 0. The molecule has 0 aliphatic rings. The average Bonchev–Trinajstić information content (AvgIpc) is 2.42. The van der Waals surface area contributed by atoms with Gasteiger partial charge >= 0.3 is 0 Å². The molecule has 0 heterocycles. The molecule has 0 N–H and O–H groups in total. The van der Waals surface area contributed by atoms with Crippen LogP contribution in [-0.2, 0) is 0 Å². The Hall–Kier alpha value is -1.51. The summed E-state index contributed by atoms with van der Waals surface area (Å²) in [5, 5.41) is 0.616. The zero-order valence-corrected chi connectivity index (χ0v) is 11.8. The molecule has 0 radical (unpaired) electrons. The highest BCUT2D eigenvalue weighted by Crippen LogP contribution is 2.24. The molecule has 98 valence electrons. The van der Waals surface area contributed by atoms with Crippen LogP contribution in [0, 0.1) is 6.92 Å². The molecule has 0 bridgehead atoms. The topological polar surface area (TPSA) is 26.3 Å². The number of benzene rings is 2. The molecule has 0 aliphatic carbocycles. The number of aryl methyl sites for hydroxylation is 1. The van der Waals surface area contributed by atoms with Crippen LogP contribution in [0.25, 0.3) is 0 Å². The fourth-order valence-corrected chi connectivity index (χ4v) is 2.09. The summed E-state index contributed by atoms with van der Waals surface area (Å²) in [4.78, 5) is 12.0. The number of hydrogen-bond acceptors (Lipinski definition) is 2. The molecule has 19 heavy (non-hydrogen) atoms. The summed E-state index contributed by atoms with van der Waals surface area (Å²) in [5.74, 6) is 0.283. The Bertz CT molecular complexity index is 582. The van der Waals surface area contributed by atoms with E-state index in [2.05, 4.69) is 0 Å². The van der Waals surface area contributed by atoms with Crippen molar-refractivity contribution in [3.05, 3.63) is 64.7 Å². The summed E-state index contributed by atoms with van der Waals surface area (Å²) in [5.41, 5.74) is 0.301. The minimum atomic E-state index is -1.05. The molecule has 0 saturated carbocycles. The predicted molar refractivity (Wildman–Crippen MR) is 77.2 cm³/mol. The smallest absolute Gasteiger partial charge is 0.234 e. The largest absolute Gasteiger partial charge is 0.466 e. The lowest BCUT2D eigenvalue weighted by atomic mass is 10.1. The molecule has 2 rings (SSSR count). The van der Waals surface area contributed by atoms with Crippen molar-refractivity contribution < 1.29 is 9.53 Å². The lowest BCUT2D eigenvalue weighted by Gasteiger charge is -2.13. The maximum Gasteiger partial charge on any atom is 0.234 e. The highest BCUT2D eigenvalue weighted by atomic mass is 35.5. The quantitative estimate of drug-likeness (QED) is 0.614. The van der Waals surface area contributed by atoms with Crippen LogP contribution in [0.3, 0.4) is 0 Å². The SMILES string of the molecule is Cc1cc(Cl)ccc1OC(Cl)C(=O)c1ccccc1. The zero-order chi connectivity index (χ0) is 13.8. The number of ether oxygens (including phenoxy) is 1. The molecule has 2 aromatic rings. The van der Waals surface area contributed by atoms with E-state index in [0.29, 0.717) is 16.3 Å². The zero-order valence-electron chi connectivity index (χ0n) is 10.3. The number of halogens is 2. The van der Waals surface area contributed by atoms with Crippen molar-refractivity contribution in [1.29, 1.82) is 0 Å². The van der Waals surface area contributed by atoms with E-state index in [1.807, 2.05) is 13.0 Å². The first-order valence-electron chi connectivity index (χ1n) is 5.74. The van der Waals surface area contributed by atoms with Gasteiger partial charge in [-0.25, -0.2) is 0 Å². The van der Waals surface area contributed by atoms with E-state index < -0.39 is 5.56 Å². The van der Waals surface area contributed by atoms with Crippen LogP contribution in [0.5, 0.6) is 5.75 Å². The first-order valence-corrected chi connectivity index (χ1v) is 6.55. The van der Waals surface area contributed by atoms with Crippen molar-refractivity contribution in [3.63, 3.8) is 0 Å². The monoisotopic (exact) mass is 294 g/mol. The number of carbonyl (C=O) groups excluding carboxylic acids is 1. The summed E-state index contributed by atoms with van der Waals surface area (Å²) in [7, 11) is 0. The van der Waals surface area contributed by atoms with E-state index in [1.54, 1.807) is 42.5 Å². The maximum absolute atomic E-state index is 12.0. The van der Waals surface area contributed by atoms with Crippen LogP contribution < -0.4 is 4.74 Å². The van der Waals surface area contributed by atoms with Crippen molar-refractivity contribution in [1.82, 2.24) is 0 Å². The highest BCUT2D eigenvalue weighted by Gasteiger charge is 2.19. The Morgan fingerprint density at radius 3 is 2.47 bits per heavy atom. The van der Waals surface area contributed by atoms with Gasteiger partial charge in [0.05, 0.1) is 0 Å². The third-order valence-electron chi connectivity index (χ3n) is 2.63. The third-order valence-corrected chi connectivity index (χ3v) is 3.15. The van der Waals surface area contributed by atoms with E-state index in [0.717, 1.165) is 5.56 Å². The first-order chi connectivity index (χ1) is 9.08. The summed E-state index contributed by atoms with van der Waals surface area (Å²) < 4.78 is 5.47.